The van der Waals surface area contributed by atoms with E-state index in [1.165, 1.54) is 0 Å². The summed E-state index contributed by atoms with van der Waals surface area (Å²) >= 11 is 0. The largest absolute Gasteiger partial charge is 0.497 e. The number of nitrogens with one attached hydrogen (secondary N) is 2. The Morgan fingerprint density at radius 1 is 1.19 bits per heavy atom. The molecule has 1 aromatic carbocycles. The quantitative estimate of drug-likeness (QED) is 0.265. The summed E-state index contributed by atoms with van der Waals surface area (Å²) in [6, 6.07) is 7.95. The molecule has 0 bridgehead atoms. The first kappa shape index (κ1) is 25.3. The number of hydrogen-bond acceptors (Lipinski definition) is 4. The molecule has 0 saturated heterocycles. The van der Waals surface area contributed by atoms with Gasteiger partial charge < -0.3 is 25.0 Å². The summed E-state index contributed by atoms with van der Waals surface area (Å²) in [7, 11) is 3.63. The lowest BCUT2D eigenvalue weighted by Crippen LogP contribution is -2.39. The van der Waals surface area contributed by atoms with Gasteiger partial charge in [-0.3, -0.25) is 4.99 Å². The Balaban J connectivity index is 0.00000676. The van der Waals surface area contributed by atoms with Gasteiger partial charge in [-0.1, -0.05) is 12.1 Å². The first-order valence-electron chi connectivity index (χ1n) is 8.84. The van der Waals surface area contributed by atoms with Crippen LogP contribution in [0.1, 0.15) is 33.3 Å². The van der Waals surface area contributed by atoms with Crippen LogP contribution in [0.3, 0.4) is 0 Å². The van der Waals surface area contributed by atoms with Gasteiger partial charge in [-0.2, -0.15) is 0 Å². The highest BCUT2D eigenvalue weighted by Crippen LogP contribution is 2.12. The van der Waals surface area contributed by atoms with Crippen LogP contribution < -0.4 is 15.4 Å². The van der Waals surface area contributed by atoms with E-state index in [9.17, 15) is 4.79 Å². The fourth-order valence-electron chi connectivity index (χ4n) is 2.18. The van der Waals surface area contributed by atoms with Gasteiger partial charge in [-0.25, -0.2) is 4.79 Å². The maximum Gasteiger partial charge on any atom is 0.407 e. The van der Waals surface area contributed by atoms with Crippen molar-refractivity contribution >= 4 is 36.0 Å². The fraction of sp³-hybridized carbons (Fsp3) is 0.579. The summed E-state index contributed by atoms with van der Waals surface area (Å²) in [5.41, 5.74) is 0.659. The number of hydrogen-bond donors (Lipinski definition) is 2. The lowest BCUT2D eigenvalue weighted by Gasteiger charge is -2.22. The zero-order chi connectivity index (χ0) is 19.6. The SMILES string of the molecule is CCNC(=NCCNC(=O)OC(C)(C)C)N(C)Cc1ccc(OC)cc1.I. The number of nitrogens with zero attached hydrogens (tertiary/aromatic N) is 2. The minimum atomic E-state index is -0.499. The number of alkyl carbamates (subject to hydrolysis) is 1. The highest BCUT2D eigenvalue weighted by molar-refractivity contribution is 14.0. The second kappa shape index (κ2) is 12.6. The Labute approximate surface area is 179 Å². The van der Waals surface area contributed by atoms with Crippen molar-refractivity contribution in [2.45, 2.75) is 39.8 Å². The van der Waals surface area contributed by atoms with Crippen LogP contribution in [-0.4, -0.2) is 56.3 Å². The summed E-state index contributed by atoms with van der Waals surface area (Å²) in [6.07, 6.45) is -0.427. The van der Waals surface area contributed by atoms with Gasteiger partial charge >= 0.3 is 6.09 Å². The Bertz CT molecular complexity index is 586. The van der Waals surface area contributed by atoms with Gasteiger partial charge in [0.05, 0.1) is 13.7 Å². The molecule has 2 N–H and O–H groups in total. The molecule has 0 spiro atoms. The zero-order valence-corrected chi connectivity index (χ0v) is 19.5. The Morgan fingerprint density at radius 3 is 2.33 bits per heavy atom. The van der Waals surface area contributed by atoms with Crippen molar-refractivity contribution in [1.29, 1.82) is 0 Å². The molecule has 0 aromatic heterocycles. The van der Waals surface area contributed by atoms with Crippen molar-refractivity contribution in [3.8, 4) is 5.75 Å². The average molecular weight is 492 g/mol. The summed E-state index contributed by atoms with van der Waals surface area (Å²) in [5, 5.41) is 5.97. The smallest absolute Gasteiger partial charge is 0.407 e. The molecule has 1 rings (SSSR count). The van der Waals surface area contributed by atoms with E-state index in [1.54, 1.807) is 7.11 Å². The number of ether oxygens (including phenoxy) is 2. The normalized spacial score (nSPS) is 11.3. The Hall–Kier alpha value is -1.71. The summed E-state index contributed by atoms with van der Waals surface area (Å²) in [6.45, 7) is 9.90. The molecule has 0 aliphatic heterocycles. The number of amides is 1. The van der Waals surface area contributed by atoms with Crippen molar-refractivity contribution in [2.75, 3.05) is 33.8 Å². The molecule has 0 saturated carbocycles. The van der Waals surface area contributed by atoms with Crippen LogP contribution in [0.4, 0.5) is 4.79 Å². The van der Waals surface area contributed by atoms with Gasteiger partial charge in [0, 0.05) is 26.7 Å². The molecule has 0 aliphatic carbocycles. The van der Waals surface area contributed by atoms with Crippen LogP contribution >= 0.6 is 24.0 Å². The third-order valence-corrected chi connectivity index (χ3v) is 3.32. The van der Waals surface area contributed by atoms with Gasteiger partial charge in [0.15, 0.2) is 5.96 Å². The highest BCUT2D eigenvalue weighted by atomic mass is 127. The molecule has 0 radical (unpaired) electrons. The molecule has 0 atom stereocenters. The lowest BCUT2D eigenvalue weighted by molar-refractivity contribution is 0.0529. The Kier molecular flexibility index (Phi) is 11.8. The minimum Gasteiger partial charge on any atom is -0.497 e. The van der Waals surface area contributed by atoms with Crippen molar-refractivity contribution in [3.05, 3.63) is 29.8 Å². The maximum absolute atomic E-state index is 11.6. The van der Waals surface area contributed by atoms with Gasteiger partial charge in [0.25, 0.3) is 0 Å². The van der Waals surface area contributed by atoms with E-state index in [0.29, 0.717) is 13.1 Å². The van der Waals surface area contributed by atoms with Crippen LogP contribution in [0, 0.1) is 0 Å². The van der Waals surface area contributed by atoms with Gasteiger partial charge in [-0.15, -0.1) is 24.0 Å². The fourth-order valence-corrected chi connectivity index (χ4v) is 2.18. The van der Waals surface area contributed by atoms with E-state index >= 15 is 0 Å². The minimum absolute atomic E-state index is 0. The molecule has 0 unspecified atom stereocenters. The number of rotatable bonds is 7. The second-order valence-electron chi connectivity index (χ2n) is 6.87. The van der Waals surface area contributed by atoms with E-state index in [2.05, 4.69) is 15.6 Å². The predicted octanol–water partition coefficient (Wildman–Crippen LogP) is 3.24. The molecular weight excluding hydrogens is 459 g/mol. The van der Waals surface area contributed by atoms with E-state index in [0.717, 1.165) is 30.4 Å². The first-order chi connectivity index (χ1) is 12.2. The molecule has 0 fully saturated rings. The molecule has 7 nitrogen and oxygen atoms in total. The molecular formula is C19H33IN4O3. The average Bonchev–Trinajstić information content (AvgIpc) is 2.56. The first-order valence-corrected chi connectivity index (χ1v) is 8.84. The van der Waals surface area contributed by atoms with E-state index in [1.807, 2.05) is 63.9 Å². The third-order valence-electron chi connectivity index (χ3n) is 3.32. The number of guanidine groups is 1. The number of carbonyl (C=O) groups excluding carboxylic acids is 1. The van der Waals surface area contributed by atoms with Gasteiger partial charge in [0.1, 0.15) is 11.4 Å². The second-order valence-corrected chi connectivity index (χ2v) is 6.87. The van der Waals surface area contributed by atoms with E-state index in [-0.39, 0.29) is 24.0 Å². The summed E-state index contributed by atoms with van der Waals surface area (Å²) in [4.78, 5) is 18.2. The van der Waals surface area contributed by atoms with E-state index in [4.69, 9.17) is 9.47 Å². The van der Waals surface area contributed by atoms with E-state index < -0.39 is 11.7 Å². The molecule has 8 heteroatoms. The molecule has 27 heavy (non-hydrogen) atoms. The lowest BCUT2D eigenvalue weighted by atomic mass is 10.2. The predicted molar refractivity (Wildman–Crippen MR) is 120 cm³/mol. The van der Waals surface area contributed by atoms with Crippen LogP contribution in [-0.2, 0) is 11.3 Å². The van der Waals surface area contributed by atoms with Crippen molar-refractivity contribution < 1.29 is 14.3 Å². The molecule has 1 amide bonds. The third kappa shape index (κ3) is 10.9. The van der Waals surface area contributed by atoms with Crippen molar-refractivity contribution in [1.82, 2.24) is 15.5 Å². The molecule has 0 heterocycles. The number of methoxy groups -OCH3 is 1. The van der Waals surface area contributed by atoms with Crippen LogP contribution in [0.15, 0.2) is 29.3 Å². The Morgan fingerprint density at radius 2 is 1.81 bits per heavy atom. The van der Waals surface area contributed by atoms with Crippen molar-refractivity contribution in [2.24, 2.45) is 4.99 Å². The van der Waals surface area contributed by atoms with Crippen molar-refractivity contribution in [3.63, 3.8) is 0 Å². The molecule has 154 valence electrons. The highest BCUT2D eigenvalue weighted by Gasteiger charge is 2.15. The van der Waals surface area contributed by atoms with Gasteiger partial charge in [-0.05, 0) is 45.4 Å². The van der Waals surface area contributed by atoms with Crippen LogP contribution in [0.25, 0.3) is 0 Å². The monoisotopic (exact) mass is 492 g/mol. The number of aliphatic imine (C=N–C) groups is 1. The van der Waals surface area contributed by atoms with Crippen LogP contribution in [0.2, 0.25) is 0 Å². The van der Waals surface area contributed by atoms with Gasteiger partial charge in [0.2, 0.25) is 0 Å². The molecule has 1 aromatic rings. The zero-order valence-electron chi connectivity index (χ0n) is 17.2. The number of halogens is 1. The van der Waals surface area contributed by atoms with Crippen LogP contribution in [0.5, 0.6) is 5.75 Å². The number of carbonyl (C=O) groups is 1. The topological polar surface area (TPSA) is 75.2 Å². The molecule has 0 aliphatic rings. The maximum atomic E-state index is 11.6. The summed E-state index contributed by atoms with van der Waals surface area (Å²) in [5.74, 6) is 1.62. The standard InChI is InChI=1S/C19H32N4O3.HI/c1-7-20-17(21-12-13-22-18(24)26-19(2,3)4)23(5)14-15-8-10-16(25-6)11-9-15;/h8-11H,7,12-14H2,1-6H3,(H,20,21)(H,22,24);1H. The summed E-state index contributed by atoms with van der Waals surface area (Å²) < 4.78 is 10.4. The number of benzene rings is 1.